The van der Waals surface area contributed by atoms with E-state index < -0.39 is 0 Å². The summed E-state index contributed by atoms with van der Waals surface area (Å²) in [6.07, 6.45) is 7.15. The fourth-order valence-electron chi connectivity index (χ4n) is 4.98. The second-order valence-corrected chi connectivity index (χ2v) is 9.24. The van der Waals surface area contributed by atoms with Crippen molar-refractivity contribution in [1.29, 1.82) is 0 Å². The number of nitrogens with one attached hydrogen (secondary N) is 2. The fourth-order valence-corrected chi connectivity index (χ4v) is 4.98. The Hall–Kier alpha value is -3.55. The van der Waals surface area contributed by atoms with Gasteiger partial charge in [0.25, 0.3) is 0 Å². The summed E-state index contributed by atoms with van der Waals surface area (Å²) in [5.41, 5.74) is 3.83. The number of fused-ring (bicyclic) bond motifs is 2. The normalized spacial score (nSPS) is 17.4. The number of rotatable bonds is 6. The Morgan fingerprint density at radius 3 is 2.62 bits per heavy atom. The molecule has 0 bridgehead atoms. The van der Waals surface area contributed by atoms with Crippen LogP contribution in [0, 0.1) is 0 Å². The highest BCUT2D eigenvalue weighted by Crippen LogP contribution is 2.32. The number of ether oxygens (including phenoxy) is 2. The zero-order valence-electron chi connectivity index (χ0n) is 19.3. The van der Waals surface area contributed by atoms with E-state index in [9.17, 15) is 0 Å². The number of nitrogens with zero attached hydrogens (tertiary/aromatic N) is 4. The van der Waals surface area contributed by atoms with E-state index in [2.05, 4.69) is 39.8 Å². The highest BCUT2D eigenvalue weighted by molar-refractivity contribution is 5.48. The first kappa shape index (κ1) is 21.0. The van der Waals surface area contributed by atoms with Crippen LogP contribution in [0.25, 0.3) is 0 Å². The molecule has 1 aliphatic carbocycles. The van der Waals surface area contributed by atoms with Crippen LogP contribution in [0.3, 0.4) is 0 Å². The lowest BCUT2D eigenvalue weighted by Gasteiger charge is -2.29. The molecular formula is C26H30N6O2. The third-order valence-electron chi connectivity index (χ3n) is 6.86. The van der Waals surface area contributed by atoms with Gasteiger partial charge in [0.1, 0.15) is 0 Å². The molecule has 0 saturated heterocycles. The highest BCUT2D eigenvalue weighted by Gasteiger charge is 2.21. The minimum Gasteiger partial charge on any atom is -0.454 e. The molecule has 8 heteroatoms. The van der Waals surface area contributed by atoms with Crippen LogP contribution < -0.4 is 25.0 Å². The van der Waals surface area contributed by atoms with Gasteiger partial charge in [-0.2, -0.15) is 15.0 Å². The van der Waals surface area contributed by atoms with Gasteiger partial charge in [-0.1, -0.05) is 49.6 Å². The van der Waals surface area contributed by atoms with Crippen LogP contribution >= 0.6 is 0 Å². The second-order valence-electron chi connectivity index (χ2n) is 9.24. The number of hydrogen-bond donors (Lipinski definition) is 2. The average molecular weight is 459 g/mol. The van der Waals surface area contributed by atoms with E-state index in [0.29, 0.717) is 24.5 Å². The quantitative estimate of drug-likeness (QED) is 0.558. The molecule has 0 radical (unpaired) electrons. The molecule has 0 atom stereocenters. The summed E-state index contributed by atoms with van der Waals surface area (Å²) in [6.45, 7) is 2.57. The largest absolute Gasteiger partial charge is 0.454 e. The number of aromatic nitrogens is 3. The van der Waals surface area contributed by atoms with Gasteiger partial charge in [0, 0.05) is 25.7 Å². The Bertz CT molecular complexity index is 1160. The average Bonchev–Trinajstić information content (AvgIpc) is 3.36. The van der Waals surface area contributed by atoms with Gasteiger partial charge < -0.3 is 25.0 Å². The molecule has 3 aliphatic rings. The summed E-state index contributed by atoms with van der Waals surface area (Å²) in [6, 6.07) is 15.0. The number of benzene rings is 2. The molecule has 8 nitrogen and oxygen atoms in total. The van der Waals surface area contributed by atoms with Gasteiger partial charge in [-0.3, -0.25) is 0 Å². The predicted octanol–water partition coefficient (Wildman–Crippen LogP) is 4.52. The molecule has 0 unspecified atom stereocenters. The summed E-state index contributed by atoms with van der Waals surface area (Å²) in [5.74, 6) is 3.53. The predicted molar refractivity (Wildman–Crippen MR) is 131 cm³/mol. The van der Waals surface area contributed by atoms with Crippen LogP contribution in [-0.2, 0) is 19.5 Å². The van der Waals surface area contributed by atoms with Crippen molar-refractivity contribution < 1.29 is 9.47 Å². The van der Waals surface area contributed by atoms with Gasteiger partial charge in [-0.15, -0.1) is 0 Å². The van der Waals surface area contributed by atoms with Gasteiger partial charge >= 0.3 is 0 Å². The molecule has 0 spiro atoms. The van der Waals surface area contributed by atoms with Crippen LogP contribution in [0.2, 0.25) is 0 Å². The van der Waals surface area contributed by atoms with Gasteiger partial charge in [0.15, 0.2) is 11.5 Å². The third-order valence-corrected chi connectivity index (χ3v) is 6.86. The Morgan fingerprint density at radius 1 is 0.882 bits per heavy atom. The Balaban J connectivity index is 1.23. The van der Waals surface area contributed by atoms with Gasteiger partial charge in [0.05, 0.1) is 0 Å². The van der Waals surface area contributed by atoms with E-state index in [0.717, 1.165) is 55.4 Å². The molecule has 0 amide bonds. The molecule has 1 fully saturated rings. The van der Waals surface area contributed by atoms with Crippen molar-refractivity contribution in [3.05, 3.63) is 59.2 Å². The minimum atomic E-state index is 0.276. The Morgan fingerprint density at radius 2 is 1.71 bits per heavy atom. The molecule has 1 saturated carbocycles. The summed E-state index contributed by atoms with van der Waals surface area (Å²) >= 11 is 0. The summed E-state index contributed by atoms with van der Waals surface area (Å²) in [4.78, 5) is 16.6. The van der Waals surface area contributed by atoms with E-state index in [4.69, 9.17) is 24.4 Å². The van der Waals surface area contributed by atoms with E-state index in [1.807, 2.05) is 18.2 Å². The van der Waals surface area contributed by atoms with Gasteiger partial charge in [-0.25, -0.2) is 0 Å². The van der Waals surface area contributed by atoms with Gasteiger partial charge in [-0.05, 0) is 48.1 Å². The molecular weight excluding hydrogens is 428 g/mol. The highest BCUT2D eigenvalue weighted by atomic mass is 16.7. The van der Waals surface area contributed by atoms with Crippen molar-refractivity contribution in [3.8, 4) is 11.5 Å². The first-order chi connectivity index (χ1) is 16.8. The van der Waals surface area contributed by atoms with E-state index in [1.165, 1.54) is 30.4 Å². The number of anilines is 3. The lowest BCUT2D eigenvalue weighted by Crippen LogP contribution is -2.32. The van der Waals surface area contributed by atoms with Gasteiger partial charge in [0.2, 0.25) is 24.6 Å². The van der Waals surface area contributed by atoms with Crippen LogP contribution in [0.4, 0.5) is 17.8 Å². The maximum absolute atomic E-state index is 5.51. The molecule has 3 aromatic rings. The van der Waals surface area contributed by atoms with Crippen molar-refractivity contribution in [1.82, 2.24) is 15.0 Å². The van der Waals surface area contributed by atoms with Crippen molar-refractivity contribution >= 4 is 17.8 Å². The molecule has 3 heterocycles. The Labute approximate surface area is 199 Å². The third kappa shape index (κ3) is 4.58. The van der Waals surface area contributed by atoms with Crippen LogP contribution in [0.1, 0.15) is 48.8 Å². The summed E-state index contributed by atoms with van der Waals surface area (Å²) in [5, 5.41) is 6.99. The molecule has 2 aromatic carbocycles. The second kappa shape index (κ2) is 9.37. The topological polar surface area (TPSA) is 84.4 Å². The number of hydrogen-bond acceptors (Lipinski definition) is 8. The first-order valence-corrected chi connectivity index (χ1v) is 12.3. The maximum atomic E-state index is 5.51. The first-order valence-electron chi connectivity index (χ1n) is 12.3. The standard InChI is InChI=1S/C26H30N6O2/c1-2-8-21(9-3-1)28-25-29-24(27-15-18-10-11-22-23(14-18)34-17-33-22)30-26(31-25)32-13-12-19-6-4-5-7-20(19)16-32/h4-7,10-11,14,21H,1-3,8-9,12-13,15-17H2,(H2,27,28,29,30,31). The lowest BCUT2D eigenvalue weighted by atomic mass is 9.96. The molecule has 176 valence electrons. The summed E-state index contributed by atoms with van der Waals surface area (Å²) in [7, 11) is 0. The van der Waals surface area contributed by atoms with Crippen LogP contribution in [-0.4, -0.2) is 34.3 Å². The summed E-state index contributed by atoms with van der Waals surface area (Å²) < 4.78 is 10.9. The maximum Gasteiger partial charge on any atom is 0.232 e. The molecule has 6 rings (SSSR count). The van der Waals surface area contributed by atoms with Crippen LogP contribution in [0.15, 0.2) is 42.5 Å². The van der Waals surface area contributed by atoms with Crippen molar-refractivity contribution in [3.63, 3.8) is 0 Å². The van der Waals surface area contributed by atoms with Crippen LogP contribution in [0.5, 0.6) is 11.5 Å². The van der Waals surface area contributed by atoms with Crippen molar-refractivity contribution in [2.45, 2.75) is 57.7 Å². The van der Waals surface area contributed by atoms with E-state index >= 15 is 0 Å². The van der Waals surface area contributed by atoms with E-state index in [1.54, 1.807) is 0 Å². The zero-order chi connectivity index (χ0) is 22.7. The lowest BCUT2D eigenvalue weighted by molar-refractivity contribution is 0.174. The molecule has 34 heavy (non-hydrogen) atoms. The van der Waals surface area contributed by atoms with Crippen molar-refractivity contribution in [2.75, 3.05) is 28.9 Å². The Kier molecular flexibility index (Phi) is 5.79. The minimum absolute atomic E-state index is 0.276. The molecule has 1 aromatic heterocycles. The monoisotopic (exact) mass is 458 g/mol. The van der Waals surface area contributed by atoms with Crippen molar-refractivity contribution in [2.24, 2.45) is 0 Å². The smallest absolute Gasteiger partial charge is 0.232 e. The zero-order valence-corrected chi connectivity index (χ0v) is 19.3. The molecule has 2 N–H and O–H groups in total. The SMILES string of the molecule is c1ccc2c(c1)CCN(c1nc(NCc3ccc4c(c3)OCO4)nc(NC3CCCCC3)n1)C2. The van der Waals surface area contributed by atoms with E-state index in [-0.39, 0.29) is 6.79 Å². The fraction of sp³-hybridized carbons (Fsp3) is 0.423. The molecule has 2 aliphatic heterocycles.